The summed E-state index contributed by atoms with van der Waals surface area (Å²) >= 11 is 0. The Morgan fingerprint density at radius 1 is 0.857 bits per heavy atom. The first-order chi connectivity index (χ1) is 6.70. The molecule has 0 saturated heterocycles. The molecule has 1 heterocycles. The number of allylic oxidation sites excluding steroid dienone is 8. The maximum absolute atomic E-state index is 3.91. The maximum Gasteiger partial charge on any atom is 0.0106 e. The summed E-state index contributed by atoms with van der Waals surface area (Å²) in [5, 5.41) is 0. The Morgan fingerprint density at radius 3 is 1.71 bits per heavy atom. The number of nitrogens with zero attached hydrogens (tertiary/aromatic N) is 1. The normalized spacial score (nSPS) is 26.5. The second-order valence-corrected chi connectivity index (χ2v) is 3.12. The number of hydrogen-bond acceptors (Lipinski definition) is 1. The molecular weight excluding hydrogens is 170 g/mol. The Labute approximate surface area is 85.7 Å². The van der Waals surface area contributed by atoms with Crippen LogP contribution < -0.4 is 0 Å². The van der Waals surface area contributed by atoms with Gasteiger partial charge in [-0.15, -0.1) is 0 Å². The van der Waals surface area contributed by atoms with Crippen LogP contribution in [0.5, 0.6) is 0 Å². The lowest BCUT2D eigenvalue weighted by Gasteiger charge is -2.04. The van der Waals surface area contributed by atoms with E-state index in [1.807, 2.05) is 60.8 Å². The average molecular weight is 185 g/mol. The standard InChI is InChI=1S/C13H15N/c1-12-8-4-6-10-14(3)11-7-5-9-13(12)2/h4-11H,1-2H2,3H3/b8-4-,9-5-,10-6-,11-7-. The highest BCUT2D eigenvalue weighted by Gasteiger charge is 1.90. The zero-order valence-electron chi connectivity index (χ0n) is 8.48. The van der Waals surface area contributed by atoms with Crippen molar-refractivity contribution in [2.75, 3.05) is 7.05 Å². The van der Waals surface area contributed by atoms with E-state index in [9.17, 15) is 0 Å². The van der Waals surface area contributed by atoms with E-state index in [0.29, 0.717) is 0 Å². The molecule has 1 rings (SSSR count). The van der Waals surface area contributed by atoms with E-state index in [1.54, 1.807) is 0 Å². The van der Waals surface area contributed by atoms with Gasteiger partial charge in [-0.1, -0.05) is 37.5 Å². The van der Waals surface area contributed by atoms with Crippen LogP contribution >= 0.6 is 0 Å². The third kappa shape index (κ3) is 3.31. The summed E-state index contributed by atoms with van der Waals surface area (Å²) in [6, 6.07) is 0. The van der Waals surface area contributed by atoms with Gasteiger partial charge in [0.2, 0.25) is 0 Å². The summed E-state index contributed by atoms with van der Waals surface area (Å²) < 4.78 is 0. The van der Waals surface area contributed by atoms with Gasteiger partial charge < -0.3 is 4.90 Å². The molecule has 0 amide bonds. The van der Waals surface area contributed by atoms with Crippen LogP contribution in [0.15, 0.2) is 73.2 Å². The maximum atomic E-state index is 3.91. The van der Waals surface area contributed by atoms with Crippen LogP contribution in [-0.4, -0.2) is 11.9 Å². The van der Waals surface area contributed by atoms with Crippen LogP contribution in [0.4, 0.5) is 0 Å². The molecule has 72 valence electrons. The van der Waals surface area contributed by atoms with Crippen molar-refractivity contribution in [1.82, 2.24) is 4.90 Å². The largest absolute Gasteiger partial charge is 0.357 e. The van der Waals surface area contributed by atoms with Gasteiger partial charge in [0.25, 0.3) is 0 Å². The van der Waals surface area contributed by atoms with E-state index in [1.165, 1.54) is 0 Å². The van der Waals surface area contributed by atoms with Crippen LogP contribution in [0.2, 0.25) is 0 Å². The second kappa shape index (κ2) is 5.07. The zero-order valence-corrected chi connectivity index (χ0v) is 8.48. The Bertz CT molecular complexity index is 306. The van der Waals surface area contributed by atoms with E-state index in [4.69, 9.17) is 0 Å². The quantitative estimate of drug-likeness (QED) is 0.560. The van der Waals surface area contributed by atoms with Crippen molar-refractivity contribution in [3.8, 4) is 0 Å². The van der Waals surface area contributed by atoms with Crippen LogP contribution in [-0.2, 0) is 0 Å². The number of rotatable bonds is 0. The molecule has 0 fully saturated rings. The molecule has 0 radical (unpaired) electrons. The molecule has 1 aliphatic heterocycles. The van der Waals surface area contributed by atoms with Crippen LogP contribution in [0.1, 0.15) is 0 Å². The van der Waals surface area contributed by atoms with Gasteiger partial charge in [0.1, 0.15) is 0 Å². The predicted molar refractivity (Wildman–Crippen MR) is 62.6 cm³/mol. The lowest BCUT2D eigenvalue weighted by Crippen LogP contribution is -1.98. The van der Waals surface area contributed by atoms with Gasteiger partial charge in [0.05, 0.1) is 0 Å². The Balaban J connectivity index is 2.89. The first-order valence-corrected chi connectivity index (χ1v) is 4.50. The van der Waals surface area contributed by atoms with Gasteiger partial charge in [-0.05, 0) is 23.3 Å². The molecule has 0 aliphatic carbocycles. The second-order valence-electron chi connectivity index (χ2n) is 3.12. The van der Waals surface area contributed by atoms with Gasteiger partial charge in [-0.2, -0.15) is 0 Å². The summed E-state index contributed by atoms with van der Waals surface area (Å²) in [5.41, 5.74) is 1.87. The van der Waals surface area contributed by atoms with Crippen LogP contribution in [0.3, 0.4) is 0 Å². The molecule has 0 aromatic rings. The summed E-state index contributed by atoms with van der Waals surface area (Å²) in [7, 11) is 1.98. The fraction of sp³-hybridized carbons (Fsp3) is 0.0769. The topological polar surface area (TPSA) is 3.24 Å². The highest BCUT2D eigenvalue weighted by Crippen LogP contribution is 2.09. The average Bonchev–Trinajstić information content (AvgIpc) is 2.19. The Hall–Kier alpha value is -1.76. The molecule has 14 heavy (non-hydrogen) atoms. The molecular formula is C13H15N. The molecule has 0 bridgehead atoms. The first kappa shape index (κ1) is 10.3. The third-order valence-corrected chi connectivity index (χ3v) is 1.87. The van der Waals surface area contributed by atoms with E-state index in [2.05, 4.69) is 13.2 Å². The van der Waals surface area contributed by atoms with Gasteiger partial charge in [-0.25, -0.2) is 0 Å². The van der Waals surface area contributed by atoms with E-state index in [-0.39, 0.29) is 0 Å². The van der Waals surface area contributed by atoms with Gasteiger partial charge in [-0.3, -0.25) is 0 Å². The molecule has 0 N–H and O–H groups in total. The smallest absolute Gasteiger partial charge is 0.0106 e. The highest BCUT2D eigenvalue weighted by atomic mass is 15.0. The van der Waals surface area contributed by atoms with Crippen LogP contribution in [0, 0.1) is 0 Å². The molecule has 0 spiro atoms. The van der Waals surface area contributed by atoms with E-state index in [0.717, 1.165) is 11.1 Å². The summed E-state index contributed by atoms with van der Waals surface area (Å²) in [4.78, 5) is 1.98. The lowest BCUT2D eigenvalue weighted by atomic mass is 10.1. The van der Waals surface area contributed by atoms with E-state index < -0.39 is 0 Å². The van der Waals surface area contributed by atoms with Gasteiger partial charge in [0, 0.05) is 19.4 Å². The SMILES string of the molecule is C=C1/C=C\C=C/N(C)/C=C\C=C/C1=C. The van der Waals surface area contributed by atoms with Crippen molar-refractivity contribution in [3.05, 3.63) is 73.2 Å². The van der Waals surface area contributed by atoms with Crippen molar-refractivity contribution in [2.45, 2.75) is 0 Å². The van der Waals surface area contributed by atoms with Crippen molar-refractivity contribution < 1.29 is 0 Å². The molecule has 1 heteroatoms. The molecule has 0 unspecified atom stereocenters. The highest BCUT2D eigenvalue weighted by molar-refractivity contribution is 5.44. The fourth-order valence-electron chi connectivity index (χ4n) is 0.978. The Kier molecular flexibility index (Phi) is 3.74. The van der Waals surface area contributed by atoms with Crippen molar-refractivity contribution in [1.29, 1.82) is 0 Å². The van der Waals surface area contributed by atoms with Crippen LogP contribution in [0.25, 0.3) is 0 Å². The molecule has 1 nitrogen and oxygen atoms in total. The summed E-state index contributed by atoms with van der Waals surface area (Å²) in [5.74, 6) is 0. The van der Waals surface area contributed by atoms with Crippen molar-refractivity contribution in [2.24, 2.45) is 0 Å². The van der Waals surface area contributed by atoms with E-state index >= 15 is 0 Å². The number of hydrogen-bond donors (Lipinski definition) is 0. The Morgan fingerprint density at radius 2 is 1.29 bits per heavy atom. The fourth-order valence-corrected chi connectivity index (χ4v) is 0.978. The zero-order chi connectivity index (χ0) is 10.4. The minimum atomic E-state index is 0.934. The minimum absolute atomic E-state index is 0.934. The summed E-state index contributed by atoms with van der Waals surface area (Å²) in [6.07, 6.45) is 15.7. The monoisotopic (exact) mass is 185 g/mol. The molecule has 0 aromatic heterocycles. The molecule has 0 aromatic carbocycles. The third-order valence-electron chi connectivity index (χ3n) is 1.87. The first-order valence-electron chi connectivity index (χ1n) is 4.50. The van der Waals surface area contributed by atoms with Crippen molar-refractivity contribution >= 4 is 0 Å². The van der Waals surface area contributed by atoms with Gasteiger partial charge in [0.15, 0.2) is 0 Å². The van der Waals surface area contributed by atoms with Gasteiger partial charge >= 0.3 is 0 Å². The van der Waals surface area contributed by atoms with Crippen molar-refractivity contribution in [3.63, 3.8) is 0 Å². The molecule has 1 aliphatic rings. The predicted octanol–water partition coefficient (Wildman–Crippen LogP) is 3.18. The minimum Gasteiger partial charge on any atom is -0.357 e. The molecule has 0 atom stereocenters. The molecule has 0 saturated carbocycles. The summed E-state index contributed by atoms with van der Waals surface area (Å²) in [6.45, 7) is 7.82. The lowest BCUT2D eigenvalue weighted by molar-refractivity contribution is 0.626.